The summed E-state index contributed by atoms with van der Waals surface area (Å²) >= 11 is 0. The van der Waals surface area contributed by atoms with E-state index in [1.165, 1.54) is 13.4 Å². The van der Waals surface area contributed by atoms with Crippen LogP contribution in [0.5, 0.6) is 0 Å². The average molecular weight is 308 g/mol. The molecule has 3 aromatic rings. The molecule has 23 heavy (non-hydrogen) atoms. The number of esters is 1. The molecular formula is C19H16O4. The monoisotopic (exact) mass is 308 g/mol. The first kappa shape index (κ1) is 15.0. The summed E-state index contributed by atoms with van der Waals surface area (Å²) in [6.45, 7) is 1.93. The third-order valence-electron chi connectivity index (χ3n) is 3.84. The van der Waals surface area contributed by atoms with Crippen LogP contribution in [-0.4, -0.2) is 13.1 Å². The number of fused-ring (bicyclic) bond motifs is 1. The Bertz CT molecular complexity index is 910. The molecule has 1 aromatic heterocycles. The lowest BCUT2D eigenvalue weighted by molar-refractivity contribution is -0.141. The van der Waals surface area contributed by atoms with Gasteiger partial charge in [0, 0.05) is 0 Å². The van der Waals surface area contributed by atoms with Gasteiger partial charge in [0.25, 0.3) is 0 Å². The molecule has 0 amide bonds. The van der Waals surface area contributed by atoms with Crippen LogP contribution in [0, 0.1) is 6.92 Å². The fraction of sp³-hybridized carbons (Fsp3) is 0.158. The van der Waals surface area contributed by atoms with Crippen LogP contribution in [-0.2, 0) is 9.53 Å². The van der Waals surface area contributed by atoms with Gasteiger partial charge in [-0.2, -0.15) is 0 Å². The molecule has 2 aromatic carbocycles. The smallest absolute Gasteiger partial charge is 0.317 e. The van der Waals surface area contributed by atoms with E-state index in [9.17, 15) is 9.59 Å². The summed E-state index contributed by atoms with van der Waals surface area (Å²) in [5.41, 5.74) is 2.26. The number of benzene rings is 2. The minimum Gasteiger partial charge on any atom is -0.468 e. The SMILES string of the molecule is COC(=O)C(c1ccccc1)c1coc2cc(C)ccc2c1=O. The van der Waals surface area contributed by atoms with Gasteiger partial charge < -0.3 is 9.15 Å². The largest absolute Gasteiger partial charge is 0.468 e. The molecule has 0 aliphatic heterocycles. The van der Waals surface area contributed by atoms with E-state index >= 15 is 0 Å². The highest BCUT2D eigenvalue weighted by molar-refractivity contribution is 5.84. The Balaban J connectivity index is 2.23. The minimum atomic E-state index is -0.803. The minimum absolute atomic E-state index is 0.217. The highest BCUT2D eigenvalue weighted by Crippen LogP contribution is 2.25. The van der Waals surface area contributed by atoms with Gasteiger partial charge >= 0.3 is 5.97 Å². The molecule has 1 heterocycles. The van der Waals surface area contributed by atoms with Crippen molar-refractivity contribution < 1.29 is 13.9 Å². The van der Waals surface area contributed by atoms with Gasteiger partial charge in [-0.15, -0.1) is 0 Å². The van der Waals surface area contributed by atoms with E-state index in [0.717, 1.165) is 5.56 Å². The zero-order valence-corrected chi connectivity index (χ0v) is 12.9. The highest BCUT2D eigenvalue weighted by Gasteiger charge is 2.27. The van der Waals surface area contributed by atoms with Crippen LogP contribution in [0.25, 0.3) is 11.0 Å². The van der Waals surface area contributed by atoms with Crippen LogP contribution < -0.4 is 5.43 Å². The second kappa shape index (κ2) is 6.08. The summed E-state index contributed by atoms with van der Waals surface area (Å²) in [5, 5.41) is 0.456. The molecule has 0 aliphatic rings. The van der Waals surface area contributed by atoms with Gasteiger partial charge in [0.15, 0.2) is 5.43 Å². The number of carbonyl (C=O) groups excluding carboxylic acids is 1. The lowest BCUT2D eigenvalue weighted by Gasteiger charge is -2.15. The summed E-state index contributed by atoms with van der Waals surface area (Å²) in [4.78, 5) is 25.1. The third-order valence-corrected chi connectivity index (χ3v) is 3.84. The van der Waals surface area contributed by atoms with Gasteiger partial charge in [-0.1, -0.05) is 36.4 Å². The molecule has 0 fully saturated rings. The van der Waals surface area contributed by atoms with E-state index < -0.39 is 11.9 Å². The molecule has 4 nitrogen and oxygen atoms in total. The first-order valence-corrected chi connectivity index (χ1v) is 7.26. The highest BCUT2D eigenvalue weighted by atomic mass is 16.5. The van der Waals surface area contributed by atoms with Crippen molar-refractivity contribution in [2.75, 3.05) is 7.11 Å². The topological polar surface area (TPSA) is 56.5 Å². The van der Waals surface area contributed by atoms with E-state index in [0.29, 0.717) is 16.5 Å². The zero-order chi connectivity index (χ0) is 16.4. The molecular weight excluding hydrogens is 292 g/mol. The van der Waals surface area contributed by atoms with Gasteiger partial charge in [0.1, 0.15) is 11.5 Å². The Labute approximate surface area is 133 Å². The maximum atomic E-state index is 12.8. The number of rotatable bonds is 3. The predicted molar refractivity (Wildman–Crippen MR) is 87.5 cm³/mol. The van der Waals surface area contributed by atoms with Crippen LogP contribution in [0.2, 0.25) is 0 Å². The number of aryl methyl sites for hydroxylation is 1. The second-order valence-electron chi connectivity index (χ2n) is 5.39. The molecule has 0 radical (unpaired) electrons. The summed E-state index contributed by atoms with van der Waals surface area (Å²) in [6, 6.07) is 14.4. The summed E-state index contributed by atoms with van der Waals surface area (Å²) < 4.78 is 10.5. The fourth-order valence-electron chi connectivity index (χ4n) is 2.66. The molecule has 1 atom stereocenters. The Morgan fingerprint density at radius 3 is 2.57 bits per heavy atom. The van der Waals surface area contributed by atoms with Gasteiger partial charge in [-0.3, -0.25) is 9.59 Å². The molecule has 116 valence electrons. The Morgan fingerprint density at radius 1 is 1.13 bits per heavy atom. The molecule has 0 bridgehead atoms. The van der Waals surface area contributed by atoms with E-state index in [1.807, 2.05) is 31.2 Å². The first-order valence-electron chi connectivity index (χ1n) is 7.26. The molecule has 0 aliphatic carbocycles. The maximum Gasteiger partial charge on any atom is 0.317 e. The van der Waals surface area contributed by atoms with Gasteiger partial charge in [0.05, 0.1) is 24.3 Å². The molecule has 4 heteroatoms. The molecule has 0 N–H and O–H groups in total. The van der Waals surface area contributed by atoms with E-state index in [4.69, 9.17) is 9.15 Å². The zero-order valence-electron chi connectivity index (χ0n) is 12.9. The molecule has 0 saturated heterocycles. The summed E-state index contributed by atoms with van der Waals surface area (Å²) in [6.07, 6.45) is 1.36. The number of hydrogen-bond donors (Lipinski definition) is 0. The van der Waals surface area contributed by atoms with Crippen LogP contribution in [0.1, 0.15) is 22.6 Å². The Morgan fingerprint density at radius 2 is 1.87 bits per heavy atom. The average Bonchev–Trinajstić information content (AvgIpc) is 2.58. The van der Waals surface area contributed by atoms with Crippen LogP contribution >= 0.6 is 0 Å². The van der Waals surface area contributed by atoms with Crippen LogP contribution in [0.15, 0.2) is 64.0 Å². The lowest BCUT2D eigenvalue weighted by atomic mass is 9.91. The second-order valence-corrected chi connectivity index (χ2v) is 5.39. The number of ether oxygens (including phenoxy) is 1. The Hall–Kier alpha value is -2.88. The number of carbonyl (C=O) groups is 1. The predicted octanol–water partition coefficient (Wildman–Crippen LogP) is 3.41. The van der Waals surface area contributed by atoms with Gasteiger partial charge in [0.2, 0.25) is 0 Å². The summed E-state index contributed by atoms with van der Waals surface area (Å²) in [5.74, 6) is -1.29. The molecule has 0 saturated carbocycles. The van der Waals surface area contributed by atoms with E-state index in [2.05, 4.69) is 0 Å². The van der Waals surface area contributed by atoms with Crippen molar-refractivity contribution in [3.63, 3.8) is 0 Å². The van der Waals surface area contributed by atoms with Crippen LogP contribution in [0.4, 0.5) is 0 Å². The number of hydrogen-bond acceptors (Lipinski definition) is 4. The number of methoxy groups -OCH3 is 1. The standard InChI is InChI=1S/C19H16O4/c1-12-8-9-14-16(10-12)23-11-15(18(14)20)17(19(21)22-2)13-6-4-3-5-7-13/h3-11,17H,1-2H3. The van der Waals surface area contributed by atoms with E-state index in [-0.39, 0.29) is 11.0 Å². The maximum absolute atomic E-state index is 12.8. The first-order chi connectivity index (χ1) is 11.1. The van der Waals surface area contributed by atoms with Gasteiger partial charge in [-0.05, 0) is 30.2 Å². The van der Waals surface area contributed by atoms with Crippen molar-refractivity contribution in [1.82, 2.24) is 0 Å². The summed E-state index contributed by atoms with van der Waals surface area (Å²) in [7, 11) is 1.31. The quantitative estimate of drug-likeness (QED) is 0.696. The molecule has 0 spiro atoms. The van der Waals surface area contributed by atoms with E-state index in [1.54, 1.807) is 24.3 Å². The molecule has 3 rings (SSSR count). The van der Waals surface area contributed by atoms with Crippen molar-refractivity contribution in [2.45, 2.75) is 12.8 Å². The van der Waals surface area contributed by atoms with Gasteiger partial charge in [-0.25, -0.2) is 0 Å². The van der Waals surface area contributed by atoms with Crippen molar-refractivity contribution in [3.8, 4) is 0 Å². The van der Waals surface area contributed by atoms with Crippen molar-refractivity contribution >= 4 is 16.9 Å². The van der Waals surface area contributed by atoms with Crippen molar-refractivity contribution in [2.24, 2.45) is 0 Å². The lowest BCUT2D eigenvalue weighted by Crippen LogP contribution is -2.22. The normalized spacial score (nSPS) is 12.1. The molecule has 1 unspecified atom stereocenters. The fourth-order valence-corrected chi connectivity index (χ4v) is 2.66. The van der Waals surface area contributed by atoms with Crippen molar-refractivity contribution in [3.05, 3.63) is 81.7 Å². The third kappa shape index (κ3) is 2.75. The van der Waals surface area contributed by atoms with Crippen molar-refractivity contribution in [1.29, 1.82) is 0 Å². The van der Waals surface area contributed by atoms with Crippen LogP contribution in [0.3, 0.4) is 0 Å². The Kier molecular flexibility index (Phi) is 3.98.